The summed E-state index contributed by atoms with van der Waals surface area (Å²) in [6, 6.07) is 9.21. The lowest BCUT2D eigenvalue weighted by Gasteiger charge is -2.28. The summed E-state index contributed by atoms with van der Waals surface area (Å²) < 4.78 is 12.0. The summed E-state index contributed by atoms with van der Waals surface area (Å²) in [5.41, 5.74) is 9.62. The molecule has 26 heavy (non-hydrogen) atoms. The number of carbonyl (C=O) groups excluding carboxylic acids is 2. The van der Waals surface area contributed by atoms with E-state index in [2.05, 4.69) is 0 Å². The van der Waals surface area contributed by atoms with E-state index in [1.807, 2.05) is 25.1 Å². The fourth-order valence-corrected chi connectivity index (χ4v) is 3.79. The summed E-state index contributed by atoms with van der Waals surface area (Å²) in [6.07, 6.45) is 3.14. The van der Waals surface area contributed by atoms with Gasteiger partial charge >= 0.3 is 0 Å². The minimum absolute atomic E-state index is 0.0864. The lowest BCUT2D eigenvalue weighted by atomic mass is 9.88. The Balaban J connectivity index is 1.65. The van der Waals surface area contributed by atoms with Gasteiger partial charge in [-0.05, 0) is 61.6 Å². The van der Waals surface area contributed by atoms with E-state index in [1.54, 1.807) is 12.1 Å². The van der Waals surface area contributed by atoms with E-state index in [9.17, 15) is 9.59 Å². The molecule has 0 saturated heterocycles. The Morgan fingerprint density at radius 1 is 1.23 bits per heavy atom. The van der Waals surface area contributed by atoms with Crippen molar-refractivity contribution >= 4 is 11.7 Å². The molecule has 5 nitrogen and oxygen atoms in total. The van der Waals surface area contributed by atoms with E-state index < -0.39 is 5.91 Å². The molecule has 1 amide bonds. The average molecular weight is 351 g/mol. The van der Waals surface area contributed by atoms with Gasteiger partial charge in [0.2, 0.25) is 5.91 Å². The fourth-order valence-electron chi connectivity index (χ4n) is 3.79. The first-order valence-electron chi connectivity index (χ1n) is 8.93. The molecule has 0 fully saturated rings. The highest BCUT2D eigenvalue weighted by Crippen LogP contribution is 2.39. The summed E-state index contributed by atoms with van der Waals surface area (Å²) in [7, 11) is 0. The molecule has 5 heteroatoms. The zero-order chi connectivity index (χ0) is 18.3. The van der Waals surface area contributed by atoms with Gasteiger partial charge < -0.3 is 15.2 Å². The Morgan fingerprint density at radius 3 is 2.88 bits per heavy atom. The first-order chi connectivity index (χ1) is 12.5. The number of nitrogens with two attached hydrogens (primary N) is 1. The quantitative estimate of drug-likeness (QED) is 0.918. The van der Waals surface area contributed by atoms with Crippen LogP contribution in [0.3, 0.4) is 0 Å². The summed E-state index contributed by atoms with van der Waals surface area (Å²) in [5, 5.41) is 0. The number of hydrogen-bond acceptors (Lipinski definition) is 4. The van der Waals surface area contributed by atoms with Crippen LogP contribution in [-0.4, -0.2) is 18.3 Å². The SMILES string of the molecule is Cc1c(O[C@H]2CCCc3cc(C(N)=O)ccc32)ccc2c1OCCC2=O. The maximum absolute atomic E-state index is 12.0. The number of rotatable bonds is 3. The molecule has 0 bridgehead atoms. The predicted octanol–water partition coefficient (Wildman–Crippen LogP) is 3.52. The summed E-state index contributed by atoms with van der Waals surface area (Å²) in [5.74, 6) is 1.07. The van der Waals surface area contributed by atoms with Gasteiger partial charge in [-0.2, -0.15) is 0 Å². The number of fused-ring (bicyclic) bond motifs is 2. The van der Waals surface area contributed by atoms with Crippen LogP contribution in [0.4, 0.5) is 0 Å². The van der Waals surface area contributed by atoms with E-state index in [0.717, 1.165) is 41.7 Å². The molecule has 2 N–H and O–H groups in total. The van der Waals surface area contributed by atoms with Gasteiger partial charge in [0.25, 0.3) is 0 Å². The van der Waals surface area contributed by atoms with Crippen molar-refractivity contribution in [1.82, 2.24) is 0 Å². The van der Waals surface area contributed by atoms with Crippen molar-refractivity contribution in [1.29, 1.82) is 0 Å². The standard InChI is InChI=1S/C21H21NO4/c1-12-18(8-7-16-17(23)9-10-25-20(12)16)26-19-4-2-3-13-11-14(21(22)24)5-6-15(13)19/h5-8,11,19H,2-4,9-10H2,1H3,(H2,22,24)/t19-/m0/s1. The molecule has 0 aromatic heterocycles. The smallest absolute Gasteiger partial charge is 0.248 e. The third-order valence-corrected chi connectivity index (χ3v) is 5.19. The van der Waals surface area contributed by atoms with Gasteiger partial charge in [-0.25, -0.2) is 0 Å². The number of benzene rings is 2. The van der Waals surface area contributed by atoms with Gasteiger partial charge in [0, 0.05) is 17.5 Å². The van der Waals surface area contributed by atoms with Crippen LogP contribution in [0.2, 0.25) is 0 Å². The molecular weight excluding hydrogens is 330 g/mol. The maximum Gasteiger partial charge on any atom is 0.248 e. The van der Waals surface area contributed by atoms with Gasteiger partial charge in [-0.1, -0.05) is 6.07 Å². The maximum atomic E-state index is 12.0. The molecule has 0 spiro atoms. The highest BCUT2D eigenvalue weighted by Gasteiger charge is 2.26. The van der Waals surface area contributed by atoms with Crippen LogP contribution in [0.15, 0.2) is 30.3 Å². The van der Waals surface area contributed by atoms with Crippen LogP contribution in [0.1, 0.15) is 62.8 Å². The van der Waals surface area contributed by atoms with Crippen LogP contribution in [0.25, 0.3) is 0 Å². The molecule has 134 valence electrons. The van der Waals surface area contributed by atoms with E-state index >= 15 is 0 Å². The second-order valence-electron chi connectivity index (χ2n) is 6.86. The van der Waals surface area contributed by atoms with E-state index in [1.165, 1.54) is 0 Å². The molecule has 1 heterocycles. The second kappa shape index (κ2) is 6.48. The normalized spacial score (nSPS) is 18.5. The van der Waals surface area contributed by atoms with Crippen molar-refractivity contribution in [3.8, 4) is 11.5 Å². The zero-order valence-corrected chi connectivity index (χ0v) is 14.7. The zero-order valence-electron chi connectivity index (χ0n) is 14.7. The number of ketones is 1. The molecule has 1 atom stereocenters. The van der Waals surface area contributed by atoms with Gasteiger partial charge in [0.15, 0.2) is 5.78 Å². The fraction of sp³-hybridized carbons (Fsp3) is 0.333. The van der Waals surface area contributed by atoms with Crippen LogP contribution < -0.4 is 15.2 Å². The lowest BCUT2D eigenvalue weighted by molar-refractivity contribution is 0.0930. The average Bonchev–Trinajstić information content (AvgIpc) is 2.64. The lowest BCUT2D eigenvalue weighted by Crippen LogP contribution is -2.19. The molecule has 4 rings (SSSR count). The summed E-state index contributed by atoms with van der Waals surface area (Å²) >= 11 is 0. The van der Waals surface area contributed by atoms with E-state index in [4.69, 9.17) is 15.2 Å². The van der Waals surface area contributed by atoms with Crippen molar-refractivity contribution in [2.75, 3.05) is 6.61 Å². The van der Waals surface area contributed by atoms with Crippen LogP contribution >= 0.6 is 0 Å². The highest BCUT2D eigenvalue weighted by atomic mass is 16.5. The topological polar surface area (TPSA) is 78.6 Å². The van der Waals surface area contributed by atoms with E-state index in [-0.39, 0.29) is 11.9 Å². The summed E-state index contributed by atoms with van der Waals surface area (Å²) in [4.78, 5) is 23.4. The monoisotopic (exact) mass is 351 g/mol. The molecule has 0 radical (unpaired) electrons. The molecule has 1 aliphatic carbocycles. The molecule has 0 saturated carbocycles. The van der Waals surface area contributed by atoms with Crippen LogP contribution in [0.5, 0.6) is 11.5 Å². The molecule has 2 aliphatic rings. The summed E-state index contributed by atoms with van der Waals surface area (Å²) in [6.45, 7) is 2.34. The van der Waals surface area contributed by atoms with Gasteiger partial charge in [0.05, 0.1) is 12.2 Å². The molecular formula is C21H21NO4. The molecule has 0 unspecified atom stereocenters. The molecule has 2 aromatic carbocycles. The number of aryl methyl sites for hydroxylation is 1. The molecule has 1 aliphatic heterocycles. The number of ether oxygens (including phenoxy) is 2. The van der Waals surface area contributed by atoms with Crippen molar-refractivity contribution < 1.29 is 19.1 Å². The number of hydrogen-bond donors (Lipinski definition) is 1. The largest absolute Gasteiger partial charge is 0.492 e. The Hall–Kier alpha value is -2.82. The Labute approximate surface area is 152 Å². The molecule has 2 aromatic rings. The third-order valence-electron chi connectivity index (χ3n) is 5.19. The Kier molecular flexibility index (Phi) is 4.15. The minimum atomic E-state index is -0.414. The van der Waals surface area contributed by atoms with Gasteiger partial charge in [-0.15, -0.1) is 0 Å². The van der Waals surface area contributed by atoms with E-state index in [0.29, 0.717) is 29.9 Å². The van der Waals surface area contributed by atoms with Gasteiger partial charge in [-0.3, -0.25) is 9.59 Å². The second-order valence-corrected chi connectivity index (χ2v) is 6.86. The highest BCUT2D eigenvalue weighted by molar-refractivity contribution is 6.00. The minimum Gasteiger partial charge on any atom is -0.492 e. The van der Waals surface area contributed by atoms with Crippen molar-refractivity contribution in [3.63, 3.8) is 0 Å². The first-order valence-corrected chi connectivity index (χ1v) is 8.93. The number of carbonyl (C=O) groups is 2. The number of primary amides is 1. The van der Waals surface area contributed by atoms with Crippen LogP contribution in [-0.2, 0) is 6.42 Å². The van der Waals surface area contributed by atoms with Gasteiger partial charge in [0.1, 0.15) is 17.6 Å². The van der Waals surface area contributed by atoms with Crippen LogP contribution in [0, 0.1) is 6.92 Å². The Bertz CT molecular complexity index is 903. The number of Topliss-reactive ketones (excluding diaryl/α,β-unsaturated/α-hetero) is 1. The Morgan fingerprint density at radius 2 is 2.08 bits per heavy atom. The van der Waals surface area contributed by atoms with Crippen molar-refractivity contribution in [2.24, 2.45) is 5.73 Å². The number of amides is 1. The first kappa shape index (κ1) is 16.6. The van der Waals surface area contributed by atoms with Crippen molar-refractivity contribution in [3.05, 3.63) is 58.1 Å². The predicted molar refractivity (Wildman–Crippen MR) is 96.9 cm³/mol. The third kappa shape index (κ3) is 2.83. The van der Waals surface area contributed by atoms with Crippen molar-refractivity contribution in [2.45, 2.75) is 38.7 Å².